The summed E-state index contributed by atoms with van der Waals surface area (Å²) in [6, 6.07) is 4.44. The minimum atomic E-state index is -4.66. The lowest BCUT2D eigenvalue weighted by Gasteiger charge is -2.23. The van der Waals surface area contributed by atoms with Gasteiger partial charge < -0.3 is 4.74 Å². The molecule has 0 spiro atoms. The maximum Gasteiger partial charge on any atom is 0.573 e. The van der Waals surface area contributed by atoms with E-state index in [2.05, 4.69) is 16.7 Å². The Morgan fingerprint density at radius 3 is 2.74 bits per heavy atom. The average Bonchev–Trinajstić information content (AvgIpc) is 2.26. The van der Waals surface area contributed by atoms with Gasteiger partial charge in [-0.1, -0.05) is 19.4 Å². The predicted molar refractivity (Wildman–Crippen MR) is 68.2 cm³/mol. The quantitative estimate of drug-likeness (QED) is 0.761. The Bertz CT molecular complexity index is 494. The maximum absolute atomic E-state index is 12.2. The van der Waals surface area contributed by atoms with E-state index in [-0.39, 0.29) is 5.75 Å². The van der Waals surface area contributed by atoms with Crippen molar-refractivity contribution in [1.82, 2.24) is 0 Å². The van der Waals surface area contributed by atoms with Crippen LogP contribution in [0.2, 0.25) is 0 Å². The third kappa shape index (κ3) is 3.49. The number of hydrogen-bond acceptors (Lipinski definition) is 2. The van der Waals surface area contributed by atoms with Crippen LogP contribution in [0.25, 0.3) is 0 Å². The molecule has 1 aromatic carbocycles. The second-order valence-electron chi connectivity index (χ2n) is 4.81. The van der Waals surface area contributed by atoms with Crippen LogP contribution in [0.3, 0.4) is 0 Å². The highest BCUT2D eigenvalue weighted by atomic mass is 19.4. The van der Waals surface area contributed by atoms with Crippen molar-refractivity contribution < 1.29 is 17.9 Å². The number of ether oxygens (including phenoxy) is 1. The van der Waals surface area contributed by atoms with Crippen molar-refractivity contribution in [1.29, 1.82) is 0 Å². The number of aliphatic imine (C=N–C) groups is 1. The molecule has 1 heterocycles. The zero-order valence-electron chi connectivity index (χ0n) is 10.9. The molecule has 0 saturated heterocycles. The molecule has 0 N–H and O–H groups in total. The van der Waals surface area contributed by atoms with Gasteiger partial charge in [0.2, 0.25) is 0 Å². The van der Waals surface area contributed by atoms with Crippen LogP contribution in [-0.2, 0) is 0 Å². The summed E-state index contributed by atoms with van der Waals surface area (Å²) < 4.78 is 40.5. The van der Waals surface area contributed by atoms with Crippen LogP contribution in [0.4, 0.5) is 18.9 Å². The summed E-state index contributed by atoms with van der Waals surface area (Å²) in [5.74, 6) is 0.136. The van der Waals surface area contributed by atoms with Gasteiger partial charge >= 0.3 is 6.36 Å². The SMILES string of the molecule is CCC[C@@H]1CC(C)=Nc2cc(OC(F)(F)F)ccc21. The highest BCUT2D eigenvalue weighted by molar-refractivity contribution is 5.88. The predicted octanol–water partition coefficient (Wildman–Crippen LogP) is 4.97. The van der Waals surface area contributed by atoms with Gasteiger partial charge in [-0.05, 0) is 37.3 Å². The normalized spacial score (nSPS) is 18.8. The Balaban J connectivity index is 2.32. The highest BCUT2D eigenvalue weighted by Crippen LogP contribution is 2.39. The molecule has 2 nitrogen and oxygen atoms in total. The molecule has 104 valence electrons. The van der Waals surface area contributed by atoms with Crippen molar-refractivity contribution in [2.75, 3.05) is 0 Å². The van der Waals surface area contributed by atoms with Gasteiger partial charge in [0.1, 0.15) is 5.75 Å². The third-order valence-electron chi connectivity index (χ3n) is 3.17. The van der Waals surface area contributed by atoms with Gasteiger partial charge in [0, 0.05) is 11.8 Å². The van der Waals surface area contributed by atoms with E-state index in [1.165, 1.54) is 12.1 Å². The van der Waals surface area contributed by atoms with E-state index in [1.54, 1.807) is 6.07 Å². The Morgan fingerprint density at radius 1 is 1.37 bits per heavy atom. The summed E-state index contributed by atoms with van der Waals surface area (Å²) in [7, 11) is 0. The van der Waals surface area contributed by atoms with Crippen molar-refractivity contribution in [2.45, 2.75) is 45.4 Å². The van der Waals surface area contributed by atoms with Crippen LogP contribution in [0.5, 0.6) is 5.75 Å². The van der Waals surface area contributed by atoms with E-state index in [0.717, 1.165) is 30.5 Å². The summed E-state index contributed by atoms with van der Waals surface area (Å²) in [4.78, 5) is 4.34. The lowest BCUT2D eigenvalue weighted by atomic mass is 9.86. The van der Waals surface area contributed by atoms with Crippen LogP contribution in [-0.4, -0.2) is 12.1 Å². The van der Waals surface area contributed by atoms with E-state index in [4.69, 9.17) is 0 Å². The number of halogens is 3. The fraction of sp³-hybridized carbons (Fsp3) is 0.500. The van der Waals surface area contributed by atoms with Crippen molar-refractivity contribution in [2.24, 2.45) is 4.99 Å². The molecular formula is C14H16F3NO. The van der Waals surface area contributed by atoms with Gasteiger partial charge in [0.15, 0.2) is 0 Å². The van der Waals surface area contributed by atoms with Crippen molar-refractivity contribution >= 4 is 11.4 Å². The summed E-state index contributed by atoms with van der Waals surface area (Å²) >= 11 is 0. The molecule has 5 heteroatoms. The molecule has 0 bridgehead atoms. The molecule has 0 saturated carbocycles. The van der Waals surface area contributed by atoms with E-state index in [1.807, 2.05) is 6.92 Å². The second kappa shape index (κ2) is 5.23. The first-order chi connectivity index (χ1) is 8.89. The molecule has 0 radical (unpaired) electrons. The molecule has 1 aromatic rings. The minimum Gasteiger partial charge on any atom is -0.406 e. The van der Waals surface area contributed by atoms with E-state index in [0.29, 0.717) is 11.6 Å². The second-order valence-corrected chi connectivity index (χ2v) is 4.81. The topological polar surface area (TPSA) is 21.6 Å². The van der Waals surface area contributed by atoms with Gasteiger partial charge in [-0.3, -0.25) is 4.99 Å². The standard InChI is InChI=1S/C14H16F3NO/c1-3-4-10-7-9(2)18-13-8-11(5-6-12(10)13)19-14(15,16)17/h5-6,8,10H,3-4,7H2,1-2H3/t10-/m1/s1. The number of hydrogen-bond donors (Lipinski definition) is 0. The molecule has 2 rings (SSSR count). The fourth-order valence-electron chi connectivity index (χ4n) is 2.49. The zero-order valence-corrected chi connectivity index (χ0v) is 10.9. The summed E-state index contributed by atoms with van der Waals surface area (Å²) in [5.41, 5.74) is 2.57. The molecule has 1 atom stereocenters. The lowest BCUT2D eigenvalue weighted by Crippen LogP contribution is -2.17. The minimum absolute atomic E-state index is 0.208. The average molecular weight is 271 g/mol. The lowest BCUT2D eigenvalue weighted by molar-refractivity contribution is -0.274. The monoisotopic (exact) mass is 271 g/mol. The van der Waals surface area contributed by atoms with Crippen molar-refractivity contribution in [3.8, 4) is 5.75 Å². The van der Waals surface area contributed by atoms with Crippen LogP contribution in [0.1, 0.15) is 44.6 Å². The molecule has 0 fully saturated rings. The molecule has 1 aliphatic rings. The molecule has 0 aliphatic carbocycles. The van der Waals surface area contributed by atoms with E-state index >= 15 is 0 Å². The third-order valence-corrected chi connectivity index (χ3v) is 3.17. The maximum atomic E-state index is 12.2. The first-order valence-electron chi connectivity index (χ1n) is 6.33. The van der Waals surface area contributed by atoms with Crippen LogP contribution >= 0.6 is 0 Å². The Kier molecular flexibility index (Phi) is 3.83. The number of rotatable bonds is 3. The van der Waals surface area contributed by atoms with Crippen LogP contribution < -0.4 is 4.74 Å². The molecule has 19 heavy (non-hydrogen) atoms. The number of alkyl halides is 3. The smallest absolute Gasteiger partial charge is 0.406 e. The Hall–Kier alpha value is -1.52. The molecule has 1 aliphatic heterocycles. The Labute approximate surface area is 110 Å². The molecular weight excluding hydrogens is 255 g/mol. The number of benzene rings is 1. The first kappa shape index (κ1) is 13.9. The summed E-state index contributed by atoms with van der Waals surface area (Å²) in [6.45, 7) is 4.00. The number of fused-ring (bicyclic) bond motifs is 1. The van der Waals surface area contributed by atoms with Crippen molar-refractivity contribution in [3.63, 3.8) is 0 Å². The summed E-state index contributed by atoms with van der Waals surface area (Å²) in [5, 5.41) is 0. The van der Waals surface area contributed by atoms with Crippen LogP contribution in [0.15, 0.2) is 23.2 Å². The molecule has 0 aromatic heterocycles. The molecule has 0 amide bonds. The van der Waals surface area contributed by atoms with Gasteiger partial charge in [-0.15, -0.1) is 13.2 Å². The molecule has 0 unspecified atom stereocenters. The fourth-order valence-corrected chi connectivity index (χ4v) is 2.49. The highest BCUT2D eigenvalue weighted by Gasteiger charge is 2.31. The Morgan fingerprint density at radius 2 is 2.11 bits per heavy atom. The largest absolute Gasteiger partial charge is 0.573 e. The summed E-state index contributed by atoms with van der Waals surface area (Å²) in [6.07, 6.45) is -1.73. The van der Waals surface area contributed by atoms with Gasteiger partial charge in [-0.25, -0.2) is 0 Å². The van der Waals surface area contributed by atoms with Gasteiger partial charge in [-0.2, -0.15) is 0 Å². The van der Waals surface area contributed by atoms with E-state index < -0.39 is 6.36 Å². The van der Waals surface area contributed by atoms with Gasteiger partial charge in [0.05, 0.1) is 5.69 Å². The first-order valence-corrected chi connectivity index (χ1v) is 6.33. The van der Waals surface area contributed by atoms with Crippen molar-refractivity contribution in [3.05, 3.63) is 23.8 Å². The zero-order chi connectivity index (χ0) is 14.0. The number of nitrogens with zero attached hydrogens (tertiary/aromatic N) is 1. The van der Waals surface area contributed by atoms with E-state index in [9.17, 15) is 13.2 Å². The van der Waals surface area contributed by atoms with Gasteiger partial charge in [0.25, 0.3) is 0 Å². The van der Waals surface area contributed by atoms with Crippen LogP contribution in [0, 0.1) is 0 Å².